The Morgan fingerprint density at radius 2 is 1.77 bits per heavy atom. The van der Waals surface area contributed by atoms with Crippen LogP contribution in [0.3, 0.4) is 0 Å². The van der Waals surface area contributed by atoms with E-state index in [1.54, 1.807) is 26.0 Å². The third-order valence-electron chi connectivity index (χ3n) is 6.04. The maximum Gasteiger partial charge on any atom is 0.357 e. The molecule has 196 valence electrons. The van der Waals surface area contributed by atoms with Crippen LogP contribution < -0.4 is 21.9 Å². The van der Waals surface area contributed by atoms with Crippen LogP contribution in [0.2, 0.25) is 0 Å². The van der Waals surface area contributed by atoms with Gasteiger partial charge in [-0.05, 0) is 21.0 Å². The van der Waals surface area contributed by atoms with Crippen LogP contribution in [0.1, 0.15) is 23.8 Å². The van der Waals surface area contributed by atoms with E-state index in [4.69, 9.17) is 19.3 Å². The molecule has 16 heteroatoms. The van der Waals surface area contributed by atoms with E-state index in [1.165, 1.54) is 0 Å². The van der Waals surface area contributed by atoms with E-state index in [-0.39, 0.29) is 6.42 Å². The van der Waals surface area contributed by atoms with Crippen molar-refractivity contribution in [2.75, 3.05) is 14.1 Å². The summed E-state index contributed by atoms with van der Waals surface area (Å²) in [7, 11) is 3.24. The molecule has 2 aliphatic heterocycles. The van der Waals surface area contributed by atoms with Gasteiger partial charge in [0.15, 0.2) is 5.78 Å². The minimum absolute atomic E-state index is 0.00220. The lowest BCUT2D eigenvalue weighted by atomic mass is 9.80. The van der Waals surface area contributed by atoms with E-state index in [9.17, 15) is 39.0 Å². The number of ether oxygens (including phenoxy) is 3. The van der Waals surface area contributed by atoms with E-state index in [0.29, 0.717) is 6.07 Å². The summed E-state index contributed by atoms with van der Waals surface area (Å²) < 4.78 is 29.1. The highest BCUT2D eigenvalue weighted by atomic mass is 19.2. The zero-order chi connectivity index (χ0) is 26.2. The van der Waals surface area contributed by atoms with Gasteiger partial charge in [-0.3, -0.25) is 14.6 Å². The predicted octanol–water partition coefficient (Wildman–Crippen LogP) is -3.96. The molecule has 3 heterocycles. The normalized spacial score (nSPS) is 38.5. The van der Waals surface area contributed by atoms with Crippen molar-refractivity contribution in [3.8, 4) is 0 Å². The van der Waals surface area contributed by atoms with Gasteiger partial charge in [0.25, 0.3) is 11.3 Å². The molecular formula is C19H27FN4O11. The van der Waals surface area contributed by atoms with Crippen molar-refractivity contribution in [3.05, 3.63) is 32.6 Å². The molecule has 0 radical (unpaired) electrons. The second-order valence-electron chi connectivity index (χ2n) is 8.31. The molecule has 3 aliphatic rings. The number of likely N-dealkylation sites (N-methyl/N-ethyl adjacent to an activating group) is 2. The molecule has 35 heavy (non-hydrogen) atoms. The second kappa shape index (κ2) is 10.2. The highest BCUT2D eigenvalue weighted by molar-refractivity contribution is 5.87. The number of carboxylic acid groups (broad SMARTS) is 1. The van der Waals surface area contributed by atoms with Crippen molar-refractivity contribution in [1.29, 1.82) is 0 Å². The van der Waals surface area contributed by atoms with Crippen molar-refractivity contribution >= 4 is 11.8 Å². The van der Waals surface area contributed by atoms with Crippen molar-refractivity contribution in [3.63, 3.8) is 0 Å². The third kappa shape index (κ3) is 4.91. The van der Waals surface area contributed by atoms with Gasteiger partial charge in [0.1, 0.15) is 24.0 Å². The van der Waals surface area contributed by atoms with Gasteiger partial charge in [0.2, 0.25) is 6.29 Å². The minimum atomic E-state index is -2.23. The molecule has 0 bridgehead atoms. The second-order valence-corrected chi connectivity index (χ2v) is 8.31. The summed E-state index contributed by atoms with van der Waals surface area (Å²) >= 11 is 0. The zero-order valence-electron chi connectivity index (χ0n) is 18.9. The summed E-state index contributed by atoms with van der Waals surface area (Å²) in [5.74, 6) is -4.26. The van der Waals surface area contributed by atoms with Crippen molar-refractivity contribution < 1.29 is 48.7 Å². The van der Waals surface area contributed by atoms with Crippen LogP contribution in [-0.2, 0) is 19.0 Å². The van der Waals surface area contributed by atoms with Gasteiger partial charge in [-0.15, -0.1) is 0 Å². The lowest BCUT2D eigenvalue weighted by Crippen LogP contribution is -2.77. The molecule has 15 nitrogen and oxygen atoms in total. The van der Waals surface area contributed by atoms with Gasteiger partial charge in [-0.2, -0.15) is 0 Å². The van der Waals surface area contributed by atoms with Crippen LogP contribution in [0.5, 0.6) is 0 Å². The number of H-pyrrole nitrogens is 1. The first-order valence-corrected chi connectivity index (χ1v) is 10.6. The number of aromatic amines is 1. The summed E-state index contributed by atoms with van der Waals surface area (Å²) in [5, 5.41) is 45.5. The highest BCUT2D eigenvalue weighted by Crippen LogP contribution is 2.40. The lowest BCUT2D eigenvalue weighted by molar-refractivity contribution is -0.420. The Kier molecular flexibility index (Phi) is 7.87. The largest absolute Gasteiger partial charge is 0.477 e. The molecule has 7 N–H and O–H groups in total. The number of aromatic carboxylic acids is 1. The number of carbonyl (C=O) groups is 2. The summed E-state index contributed by atoms with van der Waals surface area (Å²) in [6, 6.07) is -0.817. The average Bonchev–Trinajstić information content (AvgIpc) is 2.78. The Balaban J connectivity index is 0.000000241. The van der Waals surface area contributed by atoms with E-state index < -0.39 is 88.2 Å². The topological polar surface area (TPSA) is 222 Å². The Labute approximate surface area is 196 Å². The van der Waals surface area contributed by atoms with Crippen molar-refractivity contribution in [2.24, 2.45) is 0 Å². The highest BCUT2D eigenvalue weighted by Gasteiger charge is 2.63. The monoisotopic (exact) mass is 506 g/mol. The Morgan fingerprint density at radius 3 is 2.31 bits per heavy atom. The summed E-state index contributed by atoms with van der Waals surface area (Å²) in [4.78, 5) is 44.2. The number of aromatic nitrogens is 2. The molecule has 4 rings (SSSR count). The number of nitrogens with zero attached hydrogens (tertiary/aromatic N) is 1. The van der Waals surface area contributed by atoms with Gasteiger partial charge < -0.3 is 45.3 Å². The van der Waals surface area contributed by atoms with Crippen LogP contribution in [-0.4, -0.2) is 111 Å². The number of ketones is 1. The first-order chi connectivity index (χ1) is 16.3. The van der Waals surface area contributed by atoms with Gasteiger partial charge in [-0.25, -0.2) is 9.59 Å². The number of rotatable bonds is 3. The number of carbonyl (C=O) groups excluding carboxylic acids is 1. The number of nitrogens with one attached hydrogen (secondary N) is 3. The molecule has 1 aliphatic carbocycles. The van der Waals surface area contributed by atoms with Crippen molar-refractivity contribution in [2.45, 2.75) is 68.0 Å². The molecule has 0 amide bonds. The SMILES string of the molecule is CN[C@@H]1[C@H](O)[C@H](NC)[C@H]2O[C@@]3(O)C(=O)C[C@@H](C)O[C@H]3O[C@@H]2[C@H]1O.O=C(O)c1cc(=O)n(F)c(=O)[nH]1. The average molecular weight is 506 g/mol. The maximum atomic E-state index is 12.2. The molecule has 1 saturated carbocycles. The molecule has 3 fully saturated rings. The molecule has 0 aromatic carbocycles. The van der Waals surface area contributed by atoms with Crippen LogP contribution in [0, 0.1) is 0 Å². The van der Waals surface area contributed by atoms with Crippen LogP contribution in [0.4, 0.5) is 4.48 Å². The number of aliphatic hydroxyl groups excluding tert-OH is 2. The Bertz CT molecular complexity index is 1050. The number of fused-ring (bicyclic) bond motifs is 2. The smallest absolute Gasteiger partial charge is 0.357 e. The fourth-order valence-electron chi connectivity index (χ4n) is 4.28. The lowest BCUT2D eigenvalue weighted by Gasteiger charge is -2.55. The first-order valence-electron chi connectivity index (χ1n) is 10.6. The quantitative estimate of drug-likeness (QED) is 0.208. The molecular weight excluding hydrogens is 479 g/mol. The fraction of sp³-hybridized carbons (Fsp3) is 0.684. The minimum Gasteiger partial charge on any atom is -0.477 e. The van der Waals surface area contributed by atoms with E-state index in [2.05, 4.69) is 10.6 Å². The van der Waals surface area contributed by atoms with Gasteiger partial charge in [-0.1, -0.05) is 9.27 Å². The number of hydrogen-bond donors (Lipinski definition) is 7. The molecule has 1 aromatic rings. The molecule has 0 unspecified atom stereocenters. The third-order valence-corrected chi connectivity index (χ3v) is 6.04. The van der Waals surface area contributed by atoms with E-state index in [0.717, 1.165) is 0 Å². The van der Waals surface area contributed by atoms with Gasteiger partial charge in [0, 0.05) is 12.5 Å². The Morgan fingerprint density at radius 1 is 1.14 bits per heavy atom. The Hall–Kier alpha value is -2.57. The van der Waals surface area contributed by atoms with Crippen molar-refractivity contribution in [1.82, 2.24) is 20.4 Å². The summed E-state index contributed by atoms with van der Waals surface area (Å²) in [6.45, 7) is 1.70. The fourth-order valence-corrected chi connectivity index (χ4v) is 4.28. The molecule has 9 atom stereocenters. The predicted molar refractivity (Wildman–Crippen MR) is 111 cm³/mol. The number of aliphatic hydroxyl groups is 3. The number of carboxylic acids is 1. The molecule has 2 saturated heterocycles. The van der Waals surface area contributed by atoms with Crippen LogP contribution >= 0.6 is 0 Å². The molecule has 1 aromatic heterocycles. The van der Waals surface area contributed by atoms with Gasteiger partial charge in [0.05, 0.1) is 24.3 Å². The van der Waals surface area contributed by atoms with Crippen LogP contribution in [0.15, 0.2) is 15.7 Å². The zero-order valence-corrected chi connectivity index (χ0v) is 18.9. The number of hydrogen-bond acceptors (Lipinski definition) is 12. The van der Waals surface area contributed by atoms with E-state index in [1.807, 2.05) is 0 Å². The first kappa shape index (κ1) is 27.0. The number of Topliss-reactive ketones (excluding diaryl/α,β-unsaturated/α-hetero) is 1. The summed E-state index contributed by atoms with van der Waals surface area (Å²) in [5.41, 5.74) is -3.35. The molecule has 0 spiro atoms. The maximum absolute atomic E-state index is 12.2. The summed E-state index contributed by atoms with van der Waals surface area (Å²) in [6.07, 6.45) is -5.58. The number of halogens is 1. The van der Waals surface area contributed by atoms with Crippen LogP contribution in [0.25, 0.3) is 0 Å². The van der Waals surface area contributed by atoms with Gasteiger partial charge >= 0.3 is 11.7 Å². The van der Waals surface area contributed by atoms with E-state index >= 15 is 0 Å². The standard InChI is InChI=1S/C14H24N2O7.C5H3FN2O4/c1-5-4-6(17)14(20)13(21-5)22-12-10(19)7(15-2)9(18)8(16-3)11(12)23-14;6-8-3(9)1-2(4(10)11)7-5(8)12/h5,7-13,15-16,18-20H,4H2,1-3H3;1H,(H,7,12)(H,10,11)/t5-,7-,8+,9+,10+,11-,12-,13+,14+;/m1./s1.